The van der Waals surface area contributed by atoms with Crippen LogP contribution in [0.4, 0.5) is 0 Å². The van der Waals surface area contributed by atoms with Gasteiger partial charge in [0.05, 0.1) is 12.1 Å². The minimum absolute atomic E-state index is 0.0827. The van der Waals surface area contributed by atoms with Crippen LogP contribution in [0.15, 0.2) is 10.5 Å². The van der Waals surface area contributed by atoms with E-state index in [1.807, 2.05) is 6.92 Å². The van der Waals surface area contributed by atoms with Gasteiger partial charge in [0.25, 0.3) is 0 Å². The molecule has 0 aliphatic rings. The van der Waals surface area contributed by atoms with Crippen LogP contribution in [0.1, 0.15) is 10.7 Å². The maximum atomic E-state index is 11.2. The molecule has 14 heavy (non-hydrogen) atoms. The van der Waals surface area contributed by atoms with Crippen molar-refractivity contribution in [2.45, 2.75) is 6.92 Å². The normalized spacial score (nSPS) is 11.2. The minimum Gasteiger partial charge on any atom is -0.464 e. The summed E-state index contributed by atoms with van der Waals surface area (Å²) in [5.74, 6) is -0.558. The number of esters is 1. The fourth-order valence-corrected chi connectivity index (χ4v) is 1.45. The van der Waals surface area contributed by atoms with Crippen molar-refractivity contribution in [1.29, 1.82) is 0 Å². The van der Waals surface area contributed by atoms with Crippen LogP contribution in [0, 0.1) is 6.92 Å². The average molecular weight is 214 g/mol. The van der Waals surface area contributed by atoms with E-state index in [1.54, 1.807) is 5.38 Å². The zero-order chi connectivity index (χ0) is 10.6. The van der Waals surface area contributed by atoms with Crippen molar-refractivity contribution in [3.63, 3.8) is 0 Å². The summed E-state index contributed by atoms with van der Waals surface area (Å²) in [6, 6.07) is 0. The van der Waals surface area contributed by atoms with Crippen molar-refractivity contribution in [1.82, 2.24) is 4.98 Å². The van der Waals surface area contributed by atoms with Crippen molar-refractivity contribution in [3.05, 3.63) is 16.1 Å². The zero-order valence-electron chi connectivity index (χ0n) is 8.10. The first-order valence-corrected chi connectivity index (χ1v) is 4.69. The molecule has 0 radical (unpaired) electrons. The molecule has 0 saturated carbocycles. The lowest BCUT2D eigenvalue weighted by molar-refractivity contribution is -0.132. The third kappa shape index (κ3) is 2.29. The number of rotatable bonds is 3. The van der Waals surface area contributed by atoms with E-state index < -0.39 is 5.97 Å². The van der Waals surface area contributed by atoms with Crippen LogP contribution in [-0.4, -0.2) is 30.9 Å². The minimum atomic E-state index is -0.558. The Morgan fingerprint density at radius 1 is 1.57 bits per heavy atom. The first-order valence-electron chi connectivity index (χ1n) is 3.81. The number of aryl methyl sites for hydroxylation is 1. The third-order valence-electron chi connectivity index (χ3n) is 1.42. The first kappa shape index (κ1) is 10.6. The molecular formula is C8H10N2O3S. The van der Waals surface area contributed by atoms with Crippen LogP contribution in [0.5, 0.6) is 0 Å². The Hall–Kier alpha value is -1.43. The molecule has 0 aliphatic heterocycles. The molecule has 0 fully saturated rings. The third-order valence-corrected chi connectivity index (χ3v) is 2.20. The molecule has 1 rings (SSSR count). The van der Waals surface area contributed by atoms with Gasteiger partial charge in [-0.25, -0.2) is 9.78 Å². The lowest BCUT2D eigenvalue weighted by atomic mass is 10.3. The van der Waals surface area contributed by atoms with Crippen LogP contribution in [-0.2, 0) is 14.4 Å². The summed E-state index contributed by atoms with van der Waals surface area (Å²) in [5.41, 5.74) is 0.556. The second-order valence-corrected chi connectivity index (χ2v) is 3.43. The number of ether oxygens (including phenoxy) is 1. The lowest BCUT2D eigenvalue weighted by Gasteiger charge is -1.99. The topological polar surface area (TPSA) is 60.8 Å². The number of aromatic nitrogens is 1. The Bertz CT molecular complexity index is 359. The van der Waals surface area contributed by atoms with Crippen LogP contribution < -0.4 is 0 Å². The zero-order valence-corrected chi connectivity index (χ0v) is 8.92. The number of hydrogen-bond donors (Lipinski definition) is 0. The summed E-state index contributed by atoms with van der Waals surface area (Å²) in [6.45, 7) is 1.84. The van der Waals surface area contributed by atoms with Gasteiger partial charge >= 0.3 is 5.97 Å². The highest BCUT2D eigenvalue weighted by Gasteiger charge is 2.18. The molecule has 0 N–H and O–H groups in total. The number of carbonyl (C=O) groups is 1. The van der Waals surface area contributed by atoms with E-state index in [4.69, 9.17) is 0 Å². The van der Waals surface area contributed by atoms with E-state index >= 15 is 0 Å². The van der Waals surface area contributed by atoms with Gasteiger partial charge in [-0.05, 0) is 6.92 Å². The molecule has 6 heteroatoms. The summed E-state index contributed by atoms with van der Waals surface area (Å²) in [4.78, 5) is 19.9. The predicted octanol–water partition coefficient (Wildman–Crippen LogP) is 0.975. The Kier molecular flexibility index (Phi) is 3.58. The van der Waals surface area contributed by atoms with E-state index in [0.29, 0.717) is 5.69 Å². The van der Waals surface area contributed by atoms with Gasteiger partial charge in [0.1, 0.15) is 12.8 Å². The molecule has 0 aromatic carbocycles. The molecule has 0 unspecified atom stereocenters. The fraction of sp³-hybridized carbons (Fsp3) is 0.375. The lowest BCUT2D eigenvalue weighted by Crippen LogP contribution is -2.17. The van der Waals surface area contributed by atoms with Crippen LogP contribution >= 0.6 is 11.3 Å². The summed E-state index contributed by atoms with van der Waals surface area (Å²) >= 11 is 1.43. The van der Waals surface area contributed by atoms with Gasteiger partial charge in [-0.3, -0.25) is 0 Å². The van der Waals surface area contributed by atoms with Crippen molar-refractivity contribution in [2.24, 2.45) is 5.16 Å². The molecule has 0 bridgehead atoms. The Labute approximate surface area is 85.4 Å². The van der Waals surface area contributed by atoms with Gasteiger partial charge in [-0.15, -0.1) is 11.3 Å². The molecule has 0 atom stereocenters. The Morgan fingerprint density at radius 3 is 2.71 bits per heavy atom. The van der Waals surface area contributed by atoms with E-state index in [9.17, 15) is 4.79 Å². The molecule has 76 valence electrons. The largest absolute Gasteiger partial charge is 0.464 e. The average Bonchev–Trinajstić information content (AvgIpc) is 2.60. The van der Waals surface area contributed by atoms with Crippen molar-refractivity contribution in [2.75, 3.05) is 14.2 Å². The molecule has 0 spiro atoms. The number of methoxy groups -OCH3 is 1. The molecule has 0 aliphatic carbocycles. The van der Waals surface area contributed by atoms with Gasteiger partial charge in [-0.2, -0.15) is 0 Å². The van der Waals surface area contributed by atoms with Crippen LogP contribution in [0.2, 0.25) is 0 Å². The number of carbonyl (C=O) groups excluding carboxylic acids is 1. The predicted molar refractivity (Wildman–Crippen MR) is 52.4 cm³/mol. The number of nitrogens with zero attached hydrogens (tertiary/aromatic N) is 2. The SMILES string of the molecule is CO/N=C(/C(=O)OC)c1csc(C)n1. The maximum Gasteiger partial charge on any atom is 0.362 e. The number of thiazole rings is 1. The number of hydrogen-bond acceptors (Lipinski definition) is 6. The maximum absolute atomic E-state index is 11.2. The van der Waals surface area contributed by atoms with E-state index in [-0.39, 0.29) is 5.71 Å². The van der Waals surface area contributed by atoms with Crippen LogP contribution in [0.25, 0.3) is 0 Å². The quantitative estimate of drug-likeness (QED) is 0.427. The molecule has 1 aromatic rings. The highest BCUT2D eigenvalue weighted by molar-refractivity contribution is 7.09. The second-order valence-electron chi connectivity index (χ2n) is 2.37. The van der Waals surface area contributed by atoms with E-state index in [2.05, 4.69) is 19.7 Å². The molecule has 1 aromatic heterocycles. The Balaban J connectivity index is 3.00. The summed E-state index contributed by atoms with van der Waals surface area (Å²) in [6.07, 6.45) is 0. The van der Waals surface area contributed by atoms with E-state index in [0.717, 1.165) is 5.01 Å². The summed E-state index contributed by atoms with van der Waals surface area (Å²) in [5, 5.41) is 6.15. The van der Waals surface area contributed by atoms with Gasteiger partial charge in [0.15, 0.2) is 0 Å². The van der Waals surface area contributed by atoms with Gasteiger partial charge in [-0.1, -0.05) is 5.16 Å². The molecule has 1 heterocycles. The summed E-state index contributed by atoms with van der Waals surface area (Å²) in [7, 11) is 2.65. The second kappa shape index (κ2) is 4.71. The summed E-state index contributed by atoms with van der Waals surface area (Å²) < 4.78 is 4.54. The van der Waals surface area contributed by atoms with Crippen molar-refractivity contribution >= 4 is 23.0 Å². The van der Waals surface area contributed by atoms with E-state index in [1.165, 1.54) is 25.6 Å². The van der Waals surface area contributed by atoms with Crippen molar-refractivity contribution in [3.8, 4) is 0 Å². The molecule has 0 saturated heterocycles. The fourth-order valence-electron chi connectivity index (χ4n) is 0.849. The molecule has 0 amide bonds. The highest BCUT2D eigenvalue weighted by atomic mass is 32.1. The van der Waals surface area contributed by atoms with Crippen LogP contribution in [0.3, 0.4) is 0 Å². The first-order chi connectivity index (χ1) is 6.69. The van der Waals surface area contributed by atoms with Gasteiger partial charge < -0.3 is 9.57 Å². The van der Waals surface area contributed by atoms with Crippen molar-refractivity contribution < 1.29 is 14.4 Å². The highest BCUT2D eigenvalue weighted by Crippen LogP contribution is 2.09. The number of oxime groups is 1. The monoisotopic (exact) mass is 214 g/mol. The molecular weight excluding hydrogens is 204 g/mol. The van der Waals surface area contributed by atoms with Gasteiger partial charge in [0, 0.05) is 5.38 Å². The Morgan fingerprint density at radius 2 is 2.29 bits per heavy atom. The van der Waals surface area contributed by atoms with Gasteiger partial charge in [0.2, 0.25) is 5.71 Å². The molecule has 5 nitrogen and oxygen atoms in total. The smallest absolute Gasteiger partial charge is 0.362 e. The standard InChI is InChI=1S/C8H10N2O3S/c1-5-9-6(4-14-5)7(10-13-3)8(11)12-2/h4H,1-3H3/b10-7+.